The van der Waals surface area contributed by atoms with E-state index >= 15 is 0 Å². The Morgan fingerprint density at radius 2 is 0.641 bits per heavy atom. The molecule has 0 atom stereocenters. The summed E-state index contributed by atoms with van der Waals surface area (Å²) in [6, 6.07) is 78.3. The topological polar surface area (TPSA) is 45.5 Å². The first-order valence-corrected chi connectivity index (χ1v) is 21.8. The van der Waals surface area contributed by atoms with E-state index in [2.05, 4.69) is 237 Å². The Bertz CT molecular complexity index is 3920. The molecule has 9 aromatic carbocycles. The van der Waals surface area contributed by atoms with Gasteiger partial charge in [0.05, 0.1) is 55.5 Å². The van der Waals surface area contributed by atoms with Crippen molar-refractivity contribution >= 4 is 87.2 Å². The molecule has 0 fully saturated rings. The average molecular weight is 817 g/mol. The third kappa shape index (κ3) is 4.90. The fourth-order valence-electron chi connectivity index (χ4n) is 10.5. The van der Waals surface area contributed by atoms with Crippen LogP contribution >= 0.6 is 0 Å². The molecule has 0 saturated heterocycles. The Morgan fingerprint density at radius 3 is 1.14 bits per heavy atom. The van der Waals surface area contributed by atoms with Gasteiger partial charge in [0.15, 0.2) is 0 Å². The van der Waals surface area contributed by atoms with Gasteiger partial charge in [0.2, 0.25) is 5.95 Å². The molecule has 14 rings (SSSR count). The molecular weight excluding hydrogens is 781 g/mol. The summed E-state index contributed by atoms with van der Waals surface area (Å²) in [5.74, 6) is 1.41. The van der Waals surface area contributed by atoms with E-state index in [1.165, 1.54) is 43.4 Å². The molecule has 5 heterocycles. The highest BCUT2D eigenvalue weighted by molar-refractivity contribution is 6.13. The lowest BCUT2D eigenvalue weighted by Crippen LogP contribution is -2.08. The zero-order valence-corrected chi connectivity index (χ0v) is 34.5. The molecule has 0 bridgehead atoms. The van der Waals surface area contributed by atoms with Crippen LogP contribution in [0.2, 0.25) is 0 Å². The summed E-state index contributed by atoms with van der Waals surface area (Å²) >= 11 is 0. The van der Waals surface area contributed by atoms with Crippen molar-refractivity contribution in [3.8, 4) is 34.4 Å². The summed E-state index contributed by atoms with van der Waals surface area (Å²) in [7, 11) is 0. The van der Waals surface area contributed by atoms with Gasteiger partial charge in [0, 0.05) is 60.4 Å². The van der Waals surface area contributed by atoms with Crippen LogP contribution in [0.15, 0.2) is 218 Å². The van der Waals surface area contributed by atoms with Crippen LogP contribution in [0.25, 0.3) is 122 Å². The van der Waals surface area contributed by atoms with Gasteiger partial charge in [-0.25, -0.2) is 4.98 Å². The van der Waals surface area contributed by atoms with E-state index in [1.807, 2.05) is 0 Å². The van der Waals surface area contributed by atoms with Crippen molar-refractivity contribution in [2.45, 2.75) is 0 Å². The van der Waals surface area contributed by atoms with E-state index in [9.17, 15) is 0 Å². The maximum Gasteiger partial charge on any atom is 0.237 e. The number of hydrogen-bond acceptors (Lipinski definition) is 2. The van der Waals surface area contributed by atoms with Gasteiger partial charge < -0.3 is 9.13 Å². The van der Waals surface area contributed by atoms with Gasteiger partial charge in [-0.2, -0.15) is 4.98 Å². The van der Waals surface area contributed by atoms with Crippen LogP contribution in [-0.4, -0.2) is 28.2 Å². The minimum atomic E-state index is 0.611. The zero-order chi connectivity index (χ0) is 41.9. The number of nitrogens with zero attached hydrogens (tertiary/aromatic N) is 6. The first kappa shape index (κ1) is 34.9. The Kier molecular flexibility index (Phi) is 7.30. The summed E-state index contributed by atoms with van der Waals surface area (Å²) in [5, 5.41) is 9.57. The number of hydrogen-bond donors (Lipinski definition) is 0. The first-order valence-electron chi connectivity index (χ1n) is 21.8. The van der Waals surface area contributed by atoms with E-state index in [0.717, 1.165) is 72.3 Å². The maximum absolute atomic E-state index is 5.57. The summed E-state index contributed by atoms with van der Waals surface area (Å²) in [6.07, 6.45) is 0. The van der Waals surface area contributed by atoms with Gasteiger partial charge in [-0.15, -0.1) is 0 Å². The van der Waals surface area contributed by atoms with Gasteiger partial charge >= 0.3 is 0 Å². The maximum atomic E-state index is 5.57. The minimum Gasteiger partial charge on any atom is -0.309 e. The number of rotatable bonds is 5. The normalized spacial score (nSPS) is 12.1. The summed E-state index contributed by atoms with van der Waals surface area (Å²) in [6.45, 7) is 0. The molecule has 0 N–H and O–H groups in total. The van der Waals surface area contributed by atoms with Gasteiger partial charge in [-0.05, 0) is 66.7 Å². The first-order chi connectivity index (χ1) is 31.8. The molecule has 0 spiro atoms. The average Bonchev–Trinajstić information content (AvgIpc) is 4.09. The van der Waals surface area contributed by atoms with Gasteiger partial charge in [-0.3, -0.25) is 9.13 Å². The largest absolute Gasteiger partial charge is 0.309 e. The molecular formula is C58H36N6. The van der Waals surface area contributed by atoms with Crippen molar-refractivity contribution in [1.82, 2.24) is 28.2 Å². The third-order valence-corrected chi connectivity index (χ3v) is 13.2. The molecule has 0 saturated carbocycles. The molecule has 0 unspecified atom stereocenters. The van der Waals surface area contributed by atoms with Gasteiger partial charge in [-0.1, -0.05) is 146 Å². The summed E-state index contributed by atoms with van der Waals surface area (Å²) in [5.41, 5.74) is 12.9. The molecule has 298 valence electrons. The number of fused-ring (bicyclic) bond motifs is 12. The molecule has 6 nitrogen and oxygen atoms in total. The lowest BCUT2D eigenvalue weighted by molar-refractivity contribution is 0.951. The standard InChI is InChI=1S/C58H36N6/c1-9-25-48-38(17-1)39-18-2-10-26-49(39)61(48)37-33-34-56-46(35-37)44-23-7-11-27-50(44)62(56)55-32-16-8-24-45(55)47-36-57(63-51-28-12-3-19-40(51)41-20-4-13-29-52(41)63)60-58(59-47)64-53-30-14-5-21-42(53)43-22-6-15-31-54(43)64/h1-36H. The molecule has 5 aromatic heterocycles. The van der Waals surface area contributed by atoms with Crippen molar-refractivity contribution in [3.05, 3.63) is 218 Å². The highest BCUT2D eigenvalue weighted by Crippen LogP contribution is 2.41. The number of benzene rings is 9. The van der Waals surface area contributed by atoms with Crippen molar-refractivity contribution in [3.63, 3.8) is 0 Å². The van der Waals surface area contributed by atoms with Crippen LogP contribution in [-0.2, 0) is 0 Å². The molecule has 0 radical (unpaired) electrons. The van der Waals surface area contributed by atoms with Crippen LogP contribution in [0.5, 0.6) is 0 Å². The zero-order valence-electron chi connectivity index (χ0n) is 34.5. The Balaban J connectivity index is 1.05. The highest BCUT2D eigenvalue weighted by Gasteiger charge is 2.22. The van der Waals surface area contributed by atoms with E-state index in [0.29, 0.717) is 5.95 Å². The smallest absolute Gasteiger partial charge is 0.237 e. The molecule has 0 aliphatic rings. The molecule has 14 aromatic rings. The molecule has 0 aliphatic carbocycles. The van der Waals surface area contributed by atoms with Crippen LogP contribution < -0.4 is 0 Å². The van der Waals surface area contributed by atoms with Crippen molar-refractivity contribution in [1.29, 1.82) is 0 Å². The van der Waals surface area contributed by atoms with Crippen molar-refractivity contribution < 1.29 is 0 Å². The fraction of sp³-hybridized carbons (Fsp3) is 0. The van der Waals surface area contributed by atoms with Crippen LogP contribution in [0.3, 0.4) is 0 Å². The molecule has 6 heteroatoms. The summed E-state index contributed by atoms with van der Waals surface area (Å²) in [4.78, 5) is 11.1. The van der Waals surface area contributed by atoms with E-state index in [1.54, 1.807) is 0 Å². The SMILES string of the molecule is c1ccc(-n2c3ccccc3c3cc(-n4c5ccccc5c5ccccc54)ccc32)c(-c2cc(-n3c4ccccc4c4ccccc43)nc(-n3c4ccccc4c4ccccc43)n2)c1. The second-order valence-electron chi connectivity index (χ2n) is 16.6. The Hall–Kier alpha value is -8.74. The lowest BCUT2D eigenvalue weighted by Gasteiger charge is -2.17. The van der Waals surface area contributed by atoms with Crippen molar-refractivity contribution in [2.75, 3.05) is 0 Å². The monoisotopic (exact) mass is 816 g/mol. The van der Waals surface area contributed by atoms with E-state index in [-0.39, 0.29) is 0 Å². The molecule has 0 aliphatic heterocycles. The Morgan fingerprint density at radius 1 is 0.266 bits per heavy atom. The lowest BCUT2D eigenvalue weighted by atomic mass is 10.1. The second kappa shape index (κ2) is 13.4. The van der Waals surface area contributed by atoms with Crippen LogP contribution in [0.4, 0.5) is 0 Å². The number of para-hydroxylation sites is 8. The molecule has 0 amide bonds. The quantitative estimate of drug-likeness (QED) is 0.174. The Labute approximate surface area is 366 Å². The van der Waals surface area contributed by atoms with Crippen LogP contribution in [0, 0.1) is 0 Å². The predicted molar refractivity (Wildman–Crippen MR) is 265 cm³/mol. The predicted octanol–water partition coefficient (Wildman–Crippen LogP) is 14.5. The van der Waals surface area contributed by atoms with Gasteiger partial charge in [0.1, 0.15) is 5.82 Å². The highest BCUT2D eigenvalue weighted by atomic mass is 15.2. The summed E-state index contributed by atoms with van der Waals surface area (Å²) < 4.78 is 9.34. The third-order valence-electron chi connectivity index (χ3n) is 13.2. The van der Waals surface area contributed by atoms with Crippen LogP contribution in [0.1, 0.15) is 0 Å². The minimum absolute atomic E-state index is 0.611. The van der Waals surface area contributed by atoms with Crippen molar-refractivity contribution in [2.24, 2.45) is 0 Å². The molecule has 64 heavy (non-hydrogen) atoms. The fourth-order valence-corrected chi connectivity index (χ4v) is 10.5. The number of aromatic nitrogens is 6. The van der Waals surface area contributed by atoms with E-state index < -0.39 is 0 Å². The van der Waals surface area contributed by atoms with E-state index in [4.69, 9.17) is 9.97 Å². The second-order valence-corrected chi connectivity index (χ2v) is 16.6. The van der Waals surface area contributed by atoms with Gasteiger partial charge in [0.25, 0.3) is 0 Å².